The maximum absolute atomic E-state index is 10.6. The summed E-state index contributed by atoms with van der Waals surface area (Å²) in [5, 5.41) is 25.5. The number of benzene rings is 9. The van der Waals surface area contributed by atoms with E-state index in [1.165, 1.54) is 66.1 Å². The first-order valence-corrected chi connectivity index (χ1v) is 23.1. The lowest BCUT2D eigenvalue weighted by Crippen LogP contribution is -2.15. The van der Waals surface area contributed by atoms with Gasteiger partial charge < -0.3 is 9.13 Å². The fourth-order valence-electron chi connectivity index (χ4n) is 12.4. The zero-order chi connectivity index (χ0) is 45.5. The summed E-state index contributed by atoms with van der Waals surface area (Å²) >= 11 is 0. The molecule has 0 saturated heterocycles. The molecule has 0 spiro atoms. The van der Waals surface area contributed by atoms with Crippen LogP contribution in [0, 0.1) is 29.6 Å². The van der Waals surface area contributed by atoms with Gasteiger partial charge >= 0.3 is 0 Å². The molecule has 9 aromatic carbocycles. The van der Waals surface area contributed by atoms with E-state index in [0.717, 1.165) is 61.3 Å². The molecule has 4 heteroatoms. The number of para-hydroxylation sites is 2. The Morgan fingerprint density at radius 1 is 0.388 bits per heavy atom. The molecule has 0 bridgehead atoms. The van der Waals surface area contributed by atoms with Crippen LogP contribution in [0.15, 0.2) is 176 Å². The first-order valence-electron chi connectivity index (χ1n) is 23.1. The molecule has 0 atom stereocenters. The average Bonchev–Trinajstić information content (AvgIpc) is 4.02. The fourth-order valence-corrected chi connectivity index (χ4v) is 12.4. The van der Waals surface area contributed by atoms with Crippen molar-refractivity contribution in [3.8, 4) is 68.0 Å². The van der Waals surface area contributed by atoms with E-state index in [9.17, 15) is 10.5 Å². The van der Waals surface area contributed by atoms with Gasteiger partial charge in [-0.3, -0.25) is 0 Å². The molecule has 0 radical (unpaired) electrons. The topological polar surface area (TPSA) is 57.4 Å². The number of nitrogens with zero attached hydrogens (tertiary/aromatic N) is 4. The van der Waals surface area contributed by atoms with Crippen molar-refractivity contribution >= 4 is 43.6 Å². The van der Waals surface area contributed by atoms with E-state index in [4.69, 9.17) is 0 Å². The summed E-state index contributed by atoms with van der Waals surface area (Å²) in [6, 6.07) is 68.3. The van der Waals surface area contributed by atoms with Crippen LogP contribution in [0.4, 0.5) is 0 Å². The third-order valence-electron chi connectivity index (χ3n) is 15.3. The van der Waals surface area contributed by atoms with Crippen LogP contribution in [0.25, 0.3) is 99.5 Å². The second-order valence-electron chi connectivity index (χ2n) is 19.5. The average molecular weight is 857 g/mol. The van der Waals surface area contributed by atoms with Gasteiger partial charge in [-0.05, 0) is 140 Å². The summed E-state index contributed by atoms with van der Waals surface area (Å²) in [7, 11) is 0. The van der Waals surface area contributed by atoms with Crippen molar-refractivity contribution in [1.82, 2.24) is 9.13 Å². The Morgan fingerprint density at radius 2 is 0.881 bits per heavy atom. The zero-order valence-electron chi connectivity index (χ0n) is 38.0. The summed E-state index contributed by atoms with van der Waals surface area (Å²) in [6.07, 6.45) is 0. The summed E-state index contributed by atoms with van der Waals surface area (Å²) in [5.74, 6) is 0. The maximum Gasteiger partial charge on any atom is 0.0991 e. The highest BCUT2D eigenvalue weighted by Gasteiger charge is 2.39. The number of fused-ring (bicyclic) bond motifs is 14. The number of hydrogen-bond acceptors (Lipinski definition) is 2. The Hall–Kier alpha value is -8.44. The fraction of sp³-hybridized carbons (Fsp3) is 0.111. The molecular formula is C63H44N4. The minimum Gasteiger partial charge on any atom is -0.309 e. The van der Waals surface area contributed by atoms with Gasteiger partial charge in [-0.25, -0.2) is 0 Å². The highest BCUT2D eigenvalue weighted by atomic mass is 15.0. The number of aromatic nitrogens is 2. The van der Waals surface area contributed by atoms with Gasteiger partial charge in [-0.15, -0.1) is 0 Å². The highest BCUT2D eigenvalue weighted by Crippen LogP contribution is 2.55. The third kappa shape index (κ3) is 5.22. The normalized spacial score (nSPS) is 14.0. The Bertz CT molecular complexity index is 4080. The number of hydrogen-bond donors (Lipinski definition) is 0. The van der Waals surface area contributed by atoms with Crippen molar-refractivity contribution in [2.75, 3.05) is 0 Å². The summed E-state index contributed by atoms with van der Waals surface area (Å²) in [4.78, 5) is 0. The molecule has 13 rings (SSSR count). The number of nitriles is 2. The van der Waals surface area contributed by atoms with Crippen LogP contribution in [0.1, 0.15) is 66.6 Å². The number of aryl methyl sites for hydroxylation is 1. The van der Waals surface area contributed by atoms with Crippen molar-refractivity contribution in [1.29, 1.82) is 10.5 Å². The molecular weight excluding hydrogens is 813 g/mol. The second kappa shape index (κ2) is 13.8. The van der Waals surface area contributed by atoms with Gasteiger partial charge in [0, 0.05) is 43.6 Å². The summed E-state index contributed by atoms with van der Waals surface area (Å²) in [6.45, 7) is 11.5. The van der Waals surface area contributed by atoms with Crippen molar-refractivity contribution in [2.24, 2.45) is 0 Å². The van der Waals surface area contributed by atoms with Crippen molar-refractivity contribution in [2.45, 2.75) is 45.4 Å². The molecule has 2 aliphatic carbocycles. The van der Waals surface area contributed by atoms with Crippen LogP contribution >= 0.6 is 0 Å². The van der Waals surface area contributed by atoms with Crippen molar-refractivity contribution in [3.05, 3.63) is 215 Å². The van der Waals surface area contributed by atoms with Crippen LogP contribution in [0.5, 0.6) is 0 Å². The molecule has 0 unspecified atom stereocenters. The third-order valence-corrected chi connectivity index (χ3v) is 15.3. The standard InChI is InChI=1S/C63H44N4/c1-37-32-38(35-64)22-25-41(37)42-26-24-40(66-53-20-12-8-16-47(53)58-56(66)30-27-45-43-14-6-10-18-51(43)62(2,3)60(45)58)34-49(42)50-33-39(36-65)23-29-55(50)67-54-21-13-9-17-48(54)59-57(67)31-28-46-44-15-7-11-19-52(44)63(4,5)61(46)59/h6-34H,1-5H3. The predicted octanol–water partition coefficient (Wildman–Crippen LogP) is 15.9. The van der Waals surface area contributed by atoms with Gasteiger partial charge in [-0.1, -0.05) is 137 Å². The molecule has 316 valence electrons. The van der Waals surface area contributed by atoms with Gasteiger partial charge in [0.15, 0.2) is 0 Å². The molecule has 0 N–H and O–H groups in total. The molecule has 4 nitrogen and oxygen atoms in total. The largest absolute Gasteiger partial charge is 0.309 e. The van der Waals surface area contributed by atoms with E-state index in [1.54, 1.807) is 0 Å². The lowest BCUT2D eigenvalue weighted by Gasteiger charge is -2.23. The van der Waals surface area contributed by atoms with Gasteiger partial charge in [0.2, 0.25) is 0 Å². The molecule has 0 amide bonds. The van der Waals surface area contributed by atoms with Crippen LogP contribution in [-0.2, 0) is 10.8 Å². The van der Waals surface area contributed by atoms with Crippen molar-refractivity contribution in [3.63, 3.8) is 0 Å². The van der Waals surface area contributed by atoms with Crippen LogP contribution in [0.3, 0.4) is 0 Å². The molecule has 0 saturated carbocycles. The van der Waals surface area contributed by atoms with Gasteiger partial charge in [-0.2, -0.15) is 10.5 Å². The second-order valence-corrected chi connectivity index (χ2v) is 19.5. The van der Waals surface area contributed by atoms with Crippen LogP contribution in [-0.4, -0.2) is 9.13 Å². The minimum absolute atomic E-state index is 0.199. The van der Waals surface area contributed by atoms with E-state index in [2.05, 4.69) is 214 Å². The molecule has 67 heavy (non-hydrogen) atoms. The lowest BCUT2D eigenvalue weighted by molar-refractivity contribution is 0.666. The smallest absolute Gasteiger partial charge is 0.0991 e. The monoisotopic (exact) mass is 856 g/mol. The molecule has 0 fully saturated rings. The maximum atomic E-state index is 10.6. The number of rotatable bonds is 4. The molecule has 2 aliphatic rings. The molecule has 0 aliphatic heterocycles. The quantitative estimate of drug-likeness (QED) is 0.177. The van der Waals surface area contributed by atoms with E-state index < -0.39 is 0 Å². The molecule has 11 aromatic rings. The molecule has 2 heterocycles. The minimum atomic E-state index is -0.219. The van der Waals surface area contributed by atoms with Gasteiger partial charge in [0.1, 0.15) is 0 Å². The zero-order valence-corrected chi connectivity index (χ0v) is 38.0. The Balaban J connectivity index is 1.12. The van der Waals surface area contributed by atoms with E-state index >= 15 is 0 Å². The first-order chi connectivity index (χ1) is 32.6. The molecule has 2 aromatic heterocycles. The van der Waals surface area contributed by atoms with Crippen LogP contribution in [0.2, 0.25) is 0 Å². The Kier molecular flexibility index (Phi) is 8.02. The van der Waals surface area contributed by atoms with E-state index in [-0.39, 0.29) is 10.8 Å². The summed E-state index contributed by atoms with van der Waals surface area (Å²) in [5.41, 5.74) is 22.9. The summed E-state index contributed by atoms with van der Waals surface area (Å²) < 4.78 is 4.85. The highest BCUT2D eigenvalue weighted by molar-refractivity contribution is 6.16. The van der Waals surface area contributed by atoms with E-state index in [0.29, 0.717) is 11.1 Å². The van der Waals surface area contributed by atoms with Crippen LogP contribution < -0.4 is 0 Å². The van der Waals surface area contributed by atoms with Gasteiger partial charge in [0.05, 0.1) is 51.0 Å². The predicted molar refractivity (Wildman–Crippen MR) is 275 cm³/mol. The lowest BCUT2D eigenvalue weighted by atomic mass is 9.80. The SMILES string of the molecule is Cc1cc(C#N)ccc1-c1ccc(-n2c3ccccc3c3c4c(ccc32)-c2ccccc2C4(C)C)cc1-c1cc(C#N)ccc1-n1c2ccccc2c2c3c(ccc21)-c1ccccc1C3(C)C. The first kappa shape index (κ1) is 39.0. The Morgan fingerprint density at radius 3 is 1.48 bits per heavy atom. The van der Waals surface area contributed by atoms with Gasteiger partial charge in [0.25, 0.3) is 0 Å². The van der Waals surface area contributed by atoms with E-state index in [1.807, 2.05) is 18.2 Å². The Labute approximate surface area is 389 Å². The van der Waals surface area contributed by atoms with Crippen molar-refractivity contribution < 1.29 is 0 Å².